The second-order valence-corrected chi connectivity index (χ2v) is 6.75. The summed E-state index contributed by atoms with van der Waals surface area (Å²) in [6, 6.07) is 12.7. The summed E-state index contributed by atoms with van der Waals surface area (Å²) >= 11 is 3.50. The number of nitrogens with one attached hydrogen (secondary N) is 1. The summed E-state index contributed by atoms with van der Waals surface area (Å²) in [5.41, 5.74) is 7.15. The monoisotopic (exact) mass is 356 g/mol. The van der Waals surface area contributed by atoms with Crippen LogP contribution in [0.3, 0.4) is 0 Å². The first-order valence-electron chi connectivity index (χ1n) is 7.64. The Morgan fingerprint density at radius 1 is 1.23 bits per heavy atom. The molecule has 2 unspecified atom stereocenters. The van der Waals surface area contributed by atoms with Crippen LogP contribution in [0.25, 0.3) is 6.08 Å². The maximum Gasteiger partial charge on any atom is 0.126 e. The molecule has 22 heavy (non-hydrogen) atoms. The van der Waals surface area contributed by atoms with Crippen molar-refractivity contribution >= 4 is 27.7 Å². The topological polar surface area (TPSA) is 37.5 Å². The molecule has 1 N–H and O–H groups in total. The Morgan fingerprint density at radius 2 is 2.09 bits per heavy atom. The number of allylic oxidation sites excluding steroid dienone is 1. The van der Waals surface area contributed by atoms with E-state index in [1.807, 2.05) is 12.1 Å². The number of fused-ring (bicyclic) bond motifs is 1. The molecule has 2 aromatic rings. The molecule has 4 rings (SSSR count). The van der Waals surface area contributed by atoms with Crippen molar-refractivity contribution < 1.29 is 4.42 Å². The molecule has 0 spiro atoms. The summed E-state index contributed by atoms with van der Waals surface area (Å²) in [6.45, 7) is 0. The average molecular weight is 357 g/mol. The van der Waals surface area contributed by atoms with Gasteiger partial charge in [-0.15, -0.1) is 0 Å². The van der Waals surface area contributed by atoms with Gasteiger partial charge in [0, 0.05) is 10.4 Å². The normalized spacial score (nSPS) is 25.7. The molecule has 2 atom stereocenters. The zero-order valence-corrected chi connectivity index (χ0v) is 13.7. The van der Waals surface area contributed by atoms with Gasteiger partial charge in [0.05, 0.1) is 18.0 Å². The number of benzene rings is 1. The lowest BCUT2D eigenvalue weighted by Gasteiger charge is -2.26. The number of halogens is 1. The van der Waals surface area contributed by atoms with E-state index in [1.54, 1.807) is 6.26 Å². The summed E-state index contributed by atoms with van der Waals surface area (Å²) < 4.78 is 6.56. The maximum absolute atomic E-state index is 5.45. The summed E-state index contributed by atoms with van der Waals surface area (Å²) in [5, 5.41) is 4.64. The smallest absolute Gasteiger partial charge is 0.126 e. The Balaban J connectivity index is 1.61. The second-order valence-electron chi connectivity index (χ2n) is 5.84. The van der Waals surface area contributed by atoms with Crippen molar-refractivity contribution in [2.24, 2.45) is 11.0 Å². The number of nitrogens with zero attached hydrogens (tertiary/aromatic N) is 1. The third-order valence-electron chi connectivity index (χ3n) is 4.46. The third kappa shape index (κ3) is 2.52. The Morgan fingerprint density at radius 3 is 2.86 bits per heavy atom. The van der Waals surface area contributed by atoms with Crippen molar-refractivity contribution in [3.63, 3.8) is 0 Å². The molecule has 0 bridgehead atoms. The molecule has 0 radical (unpaired) electrons. The number of hydrogen-bond acceptors (Lipinski definition) is 3. The van der Waals surface area contributed by atoms with Crippen LogP contribution in [0.5, 0.6) is 0 Å². The lowest BCUT2D eigenvalue weighted by Crippen LogP contribution is -2.25. The molecule has 112 valence electrons. The highest BCUT2D eigenvalue weighted by molar-refractivity contribution is 9.10. The molecule has 0 saturated heterocycles. The molecular formula is C18H17BrN2O. The minimum Gasteiger partial charge on any atom is -0.465 e. The van der Waals surface area contributed by atoms with E-state index in [9.17, 15) is 0 Å². The second kappa shape index (κ2) is 5.76. The standard InChI is InChI=1S/C18H17BrN2O/c19-14-8-6-12(7-9-14)17-16-5-1-3-13(18(16)21-20-17)11-15-4-2-10-22-15/h2,4,6-11,16-17,20H,1,3,5H2. The van der Waals surface area contributed by atoms with E-state index in [-0.39, 0.29) is 6.04 Å². The number of furan rings is 1. The molecule has 1 aromatic heterocycles. The largest absolute Gasteiger partial charge is 0.465 e. The van der Waals surface area contributed by atoms with Crippen molar-refractivity contribution in [1.82, 2.24) is 5.43 Å². The van der Waals surface area contributed by atoms with E-state index in [4.69, 9.17) is 4.42 Å². The van der Waals surface area contributed by atoms with Crippen LogP contribution in [-0.2, 0) is 0 Å². The highest BCUT2D eigenvalue weighted by Crippen LogP contribution is 2.39. The molecule has 1 saturated carbocycles. The van der Waals surface area contributed by atoms with Crippen LogP contribution in [0.4, 0.5) is 0 Å². The average Bonchev–Trinajstić information content (AvgIpc) is 3.18. The van der Waals surface area contributed by atoms with E-state index in [1.165, 1.54) is 29.7 Å². The SMILES string of the molecule is Brc1ccc(C2NN=C3C(=Cc4ccco4)CCCC32)cc1. The molecule has 1 aliphatic heterocycles. The minimum atomic E-state index is 0.281. The molecule has 4 heteroatoms. The first-order valence-corrected chi connectivity index (χ1v) is 8.43. The molecular weight excluding hydrogens is 340 g/mol. The Bertz CT molecular complexity index is 716. The molecule has 2 aliphatic rings. The lowest BCUT2D eigenvalue weighted by atomic mass is 9.78. The number of hydrogen-bond donors (Lipinski definition) is 1. The summed E-state index contributed by atoms with van der Waals surface area (Å²) in [4.78, 5) is 0. The van der Waals surface area contributed by atoms with Crippen molar-refractivity contribution in [2.75, 3.05) is 0 Å². The minimum absolute atomic E-state index is 0.281. The summed E-state index contributed by atoms with van der Waals surface area (Å²) in [5.74, 6) is 1.36. The maximum atomic E-state index is 5.45. The van der Waals surface area contributed by atoms with Gasteiger partial charge in [0.15, 0.2) is 0 Å². The van der Waals surface area contributed by atoms with E-state index in [0.29, 0.717) is 5.92 Å². The fourth-order valence-electron chi connectivity index (χ4n) is 3.39. The zero-order valence-electron chi connectivity index (χ0n) is 12.1. The molecule has 2 heterocycles. The van der Waals surface area contributed by atoms with Gasteiger partial charge in [0.2, 0.25) is 0 Å². The van der Waals surface area contributed by atoms with Gasteiger partial charge in [-0.25, -0.2) is 0 Å². The van der Waals surface area contributed by atoms with Gasteiger partial charge in [-0.1, -0.05) is 28.1 Å². The summed E-state index contributed by atoms with van der Waals surface area (Å²) in [6.07, 6.45) is 7.31. The number of rotatable bonds is 2. The van der Waals surface area contributed by atoms with Crippen LogP contribution in [0.2, 0.25) is 0 Å². The van der Waals surface area contributed by atoms with Gasteiger partial charge in [-0.2, -0.15) is 5.10 Å². The van der Waals surface area contributed by atoms with Crippen LogP contribution in [0.15, 0.2) is 62.2 Å². The van der Waals surface area contributed by atoms with E-state index in [2.05, 4.69) is 56.8 Å². The molecule has 1 fully saturated rings. The van der Waals surface area contributed by atoms with E-state index < -0.39 is 0 Å². The Kier molecular flexibility index (Phi) is 3.62. The summed E-state index contributed by atoms with van der Waals surface area (Å²) in [7, 11) is 0. The van der Waals surface area contributed by atoms with Gasteiger partial charge < -0.3 is 9.84 Å². The van der Waals surface area contributed by atoms with Crippen LogP contribution in [0.1, 0.15) is 36.6 Å². The van der Waals surface area contributed by atoms with Gasteiger partial charge in [0.1, 0.15) is 5.76 Å². The Hall–Kier alpha value is -1.81. The van der Waals surface area contributed by atoms with E-state index >= 15 is 0 Å². The molecule has 1 aliphatic carbocycles. The van der Waals surface area contributed by atoms with Crippen LogP contribution >= 0.6 is 15.9 Å². The zero-order chi connectivity index (χ0) is 14.9. The van der Waals surface area contributed by atoms with Crippen molar-refractivity contribution in [3.05, 3.63) is 64.0 Å². The number of hydrazone groups is 1. The highest BCUT2D eigenvalue weighted by atomic mass is 79.9. The van der Waals surface area contributed by atoms with Gasteiger partial charge in [0.25, 0.3) is 0 Å². The highest BCUT2D eigenvalue weighted by Gasteiger charge is 2.36. The molecule has 1 aromatic carbocycles. The lowest BCUT2D eigenvalue weighted by molar-refractivity contribution is 0.451. The predicted molar refractivity (Wildman–Crippen MR) is 91.5 cm³/mol. The molecule has 0 amide bonds. The van der Waals surface area contributed by atoms with Crippen LogP contribution < -0.4 is 5.43 Å². The van der Waals surface area contributed by atoms with Crippen molar-refractivity contribution in [3.8, 4) is 0 Å². The van der Waals surface area contributed by atoms with Crippen LogP contribution in [-0.4, -0.2) is 5.71 Å². The van der Waals surface area contributed by atoms with Gasteiger partial charge >= 0.3 is 0 Å². The first kappa shape index (κ1) is 13.8. The molecule has 3 nitrogen and oxygen atoms in total. The van der Waals surface area contributed by atoms with Crippen molar-refractivity contribution in [1.29, 1.82) is 0 Å². The fourth-order valence-corrected chi connectivity index (χ4v) is 3.66. The predicted octanol–water partition coefficient (Wildman–Crippen LogP) is 4.93. The van der Waals surface area contributed by atoms with Gasteiger partial charge in [-0.3, -0.25) is 0 Å². The Labute approximate surface area is 138 Å². The van der Waals surface area contributed by atoms with E-state index in [0.717, 1.165) is 16.7 Å². The van der Waals surface area contributed by atoms with Gasteiger partial charge in [-0.05, 0) is 60.7 Å². The van der Waals surface area contributed by atoms with Crippen LogP contribution in [0, 0.1) is 5.92 Å². The fraction of sp³-hybridized carbons (Fsp3) is 0.278. The third-order valence-corrected chi connectivity index (χ3v) is 4.99. The van der Waals surface area contributed by atoms with Crippen molar-refractivity contribution in [2.45, 2.75) is 25.3 Å². The first-order chi connectivity index (χ1) is 10.8. The quantitative estimate of drug-likeness (QED) is 0.828.